The molecule has 0 atom stereocenters. The van der Waals surface area contributed by atoms with Crippen molar-refractivity contribution in [2.24, 2.45) is 0 Å². The van der Waals surface area contributed by atoms with E-state index in [4.69, 9.17) is 0 Å². The summed E-state index contributed by atoms with van der Waals surface area (Å²) in [6, 6.07) is 13.8. The summed E-state index contributed by atoms with van der Waals surface area (Å²) >= 11 is 0. The van der Waals surface area contributed by atoms with Gasteiger partial charge in [0.1, 0.15) is 17.5 Å². The van der Waals surface area contributed by atoms with Crippen molar-refractivity contribution < 1.29 is 13.2 Å². The Bertz CT molecular complexity index is 695. The number of aryl methyl sites for hydroxylation is 3. The van der Waals surface area contributed by atoms with Crippen LogP contribution in [-0.2, 0) is 0 Å². The predicted molar refractivity (Wildman–Crippen MR) is 95.9 cm³/mol. The molecule has 0 aliphatic rings. The first-order valence-electron chi connectivity index (χ1n) is 7.82. The molecule has 0 saturated carbocycles. The zero-order valence-corrected chi connectivity index (χ0v) is 14.9. The van der Waals surface area contributed by atoms with Crippen LogP contribution in [0, 0.1) is 45.1 Å². The van der Waals surface area contributed by atoms with E-state index in [9.17, 15) is 13.2 Å². The number of pyridine rings is 1. The van der Waals surface area contributed by atoms with Gasteiger partial charge in [0.05, 0.1) is 6.20 Å². The van der Waals surface area contributed by atoms with Crippen molar-refractivity contribution in [3.05, 3.63) is 101 Å². The summed E-state index contributed by atoms with van der Waals surface area (Å²) in [6.45, 7) is 7.35. The largest absolute Gasteiger partial charge is 0.262 e. The van der Waals surface area contributed by atoms with Crippen molar-refractivity contribution >= 4 is 0 Å². The molecular weight excluding hydrogens is 323 g/mol. The SMILES string of the molecule is Cc1c(F)cccc1F.Cc1ccccc1C.Cc1ccncc1F. The fraction of sp³-hybridized carbons (Fsp3) is 0.190. The third-order valence-electron chi connectivity index (χ3n) is 3.60. The fourth-order valence-electron chi connectivity index (χ4n) is 1.69. The maximum atomic E-state index is 12.3. The highest BCUT2D eigenvalue weighted by Gasteiger charge is 1.99. The molecule has 0 aliphatic heterocycles. The van der Waals surface area contributed by atoms with Crippen LogP contribution in [0.25, 0.3) is 0 Å². The van der Waals surface area contributed by atoms with E-state index in [1.54, 1.807) is 19.2 Å². The molecule has 2 aromatic carbocycles. The lowest BCUT2D eigenvalue weighted by molar-refractivity contribution is 0.568. The van der Waals surface area contributed by atoms with Gasteiger partial charge < -0.3 is 0 Å². The summed E-state index contributed by atoms with van der Waals surface area (Å²) in [5, 5.41) is 0. The monoisotopic (exact) mass is 345 g/mol. The number of halogens is 3. The number of rotatable bonds is 0. The van der Waals surface area contributed by atoms with Crippen molar-refractivity contribution in [1.82, 2.24) is 4.98 Å². The van der Waals surface area contributed by atoms with E-state index >= 15 is 0 Å². The van der Waals surface area contributed by atoms with E-state index in [2.05, 4.69) is 43.1 Å². The molecule has 4 heteroatoms. The highest BCUT2D eigenvalue weighted by atomic mass is 19.1. The first kappa shape index (κ1) is 20.4. The molecule has 3 rings (SSSR count). The van der Waals surface area contributed by atoms with Crippen molar-refractivity contribution in [3.63, 3.8) is 0 Å². The number of nitrogens with zero attached hydrogens (tertiary/aromatic N) is 1. The van der Waals surface area contributed by atoms with Crippen LogP contribution in [0.5, 0.6) is 0 Å². The quantitative estimate of drug-likeness (QED) is 0.479. The summed E-state index contributed by atoms with van der Waals surface area (Å²) in [5.41, 5.74) is 3.46. The van der Waals surface area contributed by atoms with Crippen molar-refractivity contribution in [2.75, 3.05) is 0 Å². The molecule has 0 N–H and O–H groups in total. The van der Waals surface area contributed by atoms with Crippen LogP contribution >= 0.6 is 0 Å². The fourth-order valence-corrected chi connectivity index (χ4v) is 1.69. The van der Waals surface area contributed by atoms with Gasteiger partial charge in [-0.05, 0) is 62.6 Å². The molecule has 25 heavy (non-hydrogen) atoms. The zero-order chi connectivity index (χ0) is 18.8. The summed E-state index contributed by atoms with van der Waals surface area (Å²) in [7, 11) is 0. The lowest BCUT2D eigenvalue weighted by Crippen LogP contribution is -1.85. The molecule has 0 bridgehead atoms. The Morgan fingerprint density at radius 3 is 1.44 bits per heavy atom. The van der Waals surface area contributed by atoms with Crippen LogP contribution < -0.4 is 0 Å². The number of benzene rings is 2. The van der Waals surface area contributed by atoms with Crippen LogP contribution in [0.3, 0.4) is 0 Å². The summed E-state index contributed by atoms with van der Waals surface area (Å²) in [4.78, 5) is 3.57. The van der Waals surface area contributed by atoms with Gasteiger partial charge >= 0.3 is 0 Å². The zero-order valence-electron chi connectivity index (χ0n) is 14.9. The number of aromatic nitrogens is 1. The van der Waals surface area contributed by atoms with Crippen LogP contribution in [0.15, 0.2) is 60.9 Å². The van der Waals surface area contributed by atoms with Gasteiger partial charge in [0, 0.05) is 11.8 Å². The highest BCUT2D eigenvalue weighted by molar-refractivity contribution is 5.23. The van der Waals surface area contributed by atoms with E-state index in [1.807, 2.05) is 0 Å². The van der Waals surface area contributed by atoms with Gasteiger partial charge in [-0.3, -0.25) is 4.98 Å². The molecule has 0 aliphatic carbocycles. The minimum atomic E-state index is -0.491. The molecule has 1 aromatic heterocycles. The lowest BCUT2D eigenvalue weighted by atomic mass is 10.1. The number of hydrogen-bond donors (Lipinski definition) is 0. The summed E-state index contributed by atoms with van der Waals surface area (Å²) < 4.78 is 36.9. The van der Waals surface area contributed by atoms with Gasteiger partial charge in [-0.1, -0.05) is 30.3 Å². The van der Waals surface area contributed by atoms with Crippen LogP contribution in [0.4, 0.5) is 13.2 Å². The molecule has 1 heterocycles. The third-order valence-corrected chi connectivity index (χ3v) is 3.60. The van der Waals surface area contributed by atoms with E-state index in [1.165, 1.54) is 42.4 Å². The molecule has 0 radical (unpaired) electrons. The summed E-state index contributed by atoms with van der Waals surface area (Å²) in [5.74, 6) is -1.22. The highest BCUT2D eigenvalue weighted by Crippen LogP contribution is 2.08. The maximum absolute atomic E-state index is 12.3. The Hall–Kier alpha value is -2.62. The Balaban J connectivity index is 0.000000188. The molecule has 0 spiro atoms. The van der Waals surface area contributed by atoms with Gasteiger partial charge in [0.15, 0.2) is 0 Å². The third kappa shape index (κ3) is 7.21. The molecule has 0 fully saturated rings. The molecule has 3 aromatic rings. The minimum Gasteiger partial charge on any atom is -0.262 e. The van der Waals surface area contributed by atoms with Gasteiger partial charge in [-0.2, -0.15) is 0 Å². The topological polar surface area (TPSA) is 12.9 Å². The molecule has 1 nitrogen and oxygen atoms in total. The van der Waals surface area contributed by atoms with Crippen molar-refractivity contribution in [1.29, 1.82) is 0 Å². The normalized spacial score (nSPS) is 9.40. The van der Waals surface area contributed by atoms with Crippen molar-refractivity contribution in [2.45, 2.75) is 27.7 Å². The number of hydrogen-bond acceptors (Lipinski definition) is 1. The minimum absolute atomic E-state index is 0.0810. The molecule has 132 valence electrons. The second-order valence-corrected chi connectivity index (χ2v) is 5.56. The van der Waals surface area contributed by atoms with Crippen LogP contribution in [-0.4, -0.2) is 4.98 Å². The van der Waals surface area contributed by atoms with Gasteiger partial charge in [0.2, 0.25) is 0 Å². The lowest BCUT2D eigenvalue weighted by Gasteiger charge is -1.94. The van der Waals surface area contributed by atoms with E-state index < -0.39 is 11.6 Å². The smallest absolute Gasteiger partial charge is 0.144 e. The Morgan fingerprint density at radius 2 is 1.12 bits per heavy atom. The standard InChI is InChI=1S/C8H10.C7H6F2.C6H6FN/c1-7-5-3-4-6-8(7)2;1-5-6(8)3-2-4-7(5)9;1-5-2-3-8-4-6(5)7/h3-6H,1-2H3;2-4H,1H3;2-4H,1H3. The molecule has 0 amide bonds. The summed E-state index contributed by atoms with van der Waals surface area (Å²) in [6.07, 6.45) is 2.77. The molecular formula is C21H22F3N. The predicted octanol–water partition coefficient (Wildman–Crippen LogP) is 6.11. The van der Waals surface area contributed by atoms with Crippen molar-refractivity contribution in [3.8, 4) is 0 Å². The van der Waals surface area contributed by atoms with E-state index in [0.717, 1.165) is 0 Å². The van der Waals surface area contributed by atoms with E-state index in [-0.39, 0.29) is 11.4 Å². The second-order valence-electron chi connectivity index (χ2n) is 5.56. The maximum Gasteiger partial charge on any atom is 0.144 e. The molecule has 0 unspecified atom stereocenters. The van der Waals surface area contributed by atoms with Crippen LogP contribution in [0.1, 0.15) is 22.3 Å². The average molecular weight is 345 g/mol. The second kappa shape index (κ2) is 10.3. The Kier molecular flexibility index (Phi) is 8.40. The Morgan fingerprint density at radius 1 is 0.600 bits per heavy atom. The van der Waals surface area contributed by atoms with Gasteiger partial charge in [0.25, 0.3) is 0 Å². The molecule has 0 saturated heterocycles. The van der Waals surface area contributed by atoms with Gasteiger partial charge in [-0.15, -0.1) is 0 Å². The van der Waals surface area contributed by atoms with Crippen LogP contribution in [0.2, 0.25) is 0 Å². The first-order valence-corrected chi connectivity index (χ1v) is 7.82. The first-order chi connectivity index (χ1) is 11.8. The van der Waals surface area contributed by atoms with Gasteiger partial charge in [-0.25, -0.2) is 13.2 Å². The Labute approximate surface area is 147 Å². The average Bonchev–Trinajstić information content (AvgIpc) is 2.59. The van der Waals surface area contributed by atoms with E-state index in [0.29, 0.717) is 5.56 Å².